The van der Waals surface area contributed by atoms with Crippen LogP contribution in [0.2, 0.25) is 0 Å². The van der Waals surface area contributed by atoms with Gasteiger partial charge in [0.15, 0.2) is 0 Å². The van der Waals surface area contributed by atoms with E-state index in [1.807, 2.05) is 13.0 Å². The van der Waals surface area contributed by atoms with Crippen molar-refractivity contribution in [2.45, 2.75) is 191 Å². The first-order valence-corrected chi connectivity index (χ1v) is 17.9. The molecule has 2 saturated heterocycles. The van der Waals surface area contributed by atoms with Gasteiger partial charge in [-0.3, -0.25) is 0 Å². The molecule has 9 atom stereocenters. The summed E-state index contributed by atoms with van der Waals surface area (Å²) in [6.07, 6.45) is 18.8. The molecule has 3 rings (SSSR count). The van der Waals surface area contributed by atoms with Crippen LogP contribution in [0.3, 0.4) is 0 Å². The molecule has 0 saturated carbocycles. The van der Waals surface area contributed by atoms with E-state index in [0.717, 1.165) is 44.9 Å². The molecule has 3 heterocycles. The minimum atomic E-state index is -0.670. The van der Waals surface area contributed by atoms with Gasteiger partial charge in [-0.2, -0.15) is 0 Å². The number of hydrogen-bond acceptors (Lipinski definition) is 8. The number of hydrogen-bond donors (Lipinski definition) is 4. The number of aliphatic hydroxyl groups is 4. The summed E-state index contributed by atoms with van der Waals surface area (Å²) in [5, 5.41) is 42.2. The third-order valence-electron chi connectivity index (χ3n) is 9.34. The fourth-order valence-electron chi connectivity index (χ4n) is 6.58. The molecule has 3 aliphatic heterocycles. The first-order valence-electron chi connectivity index (χ1n) is 17.9. The van der Waals surface area contributed by atoms with Crippen molar-refractivity contribution in [2.24, 2.45) is 0 Å². The van der Waals surface area contributed by atoms with Gasteiger partial charge in [0.05, 0.1) is 42.7 Å². The Labute approximate surface area is 271 Å². The van der Waals surface area contributed by atoms with Crippen molar-refractivity contribution in [1.82, 2.24) is 0 Å². The van der Waals surface area contributed by atoms with Crippen molar-refractivity contribution in [2.75, 3.05) is 0 Å². The first kappa shape index (κ1) is 37.7. The van der Waals surface area contributed by atoms with Gasteiger partial charge < -0.3 is 34.6 Å². The predicted octanol–water partition coefficient (Wildman–Crippen LogP) is 5.83. The average Bonchev–Trinajstić information content (AvgIpc) is 3.62. The molecular weight excluding hydrogens is 572 g/mol. The summed E-state index contributed by atoms with van der Waals surface area (Å²) in [6, 6.07) is 0. The molecule has 2 fully saturated rings. The Kier molecular flexibility index (Phi) is 17.8. The molecule has 45 heavy (non-hydrogen) atoms. The average molecular weight is 633 g/mol. The van der Waals surface area contributed by atoms with Gasteiger partial charge in [0.25, 0.3) is 0 Å². The number of ether oxygens (including phenoxy) is 3. The maximum atomic E-state index is 11.7. The van der Waals surface area contributed by atoms with Crippen LogP contribution in [0.4, 0.5) is 0 Å². The molecule has 0 aliphatic carbocycles. The summed E-state index contributed by atoms with van der Waals surface area (Å²) in [5.41, 5.74) is 0.560. The van der Waals surface area contributed by atoms with Gasteiger partial charge in [-0.15, -0.1) is 0 Å². The molecule has 8 heteroatoms. The largest absolute Gasteiger partial charge is 0.455 e. The van der Waals surface area contributed by atoms with E-state index < -0.39 is 24.4 Å². The lowest BCUT2D eigenvalue weighted by Gasteiger charge is -2.36. The SMILES string of the molecule is CCCCCCCCCC[C@@H]1O[C@H]([C@@H](O)CC[C@H](O)[C@@H]2CC[C@@H](C#C/C=C/CCC[C@@H](O)CC3=C[C@H](C)OC3=O)O2)CC[C@H]1O. The normalized spacial score (nSPS) is 28.8. The van der Waals surface area contributed by atoms with Crippen molar-refractivity contribution in [3.63, 3.8) is 0 Å². The maximum absolute atomic E-state index is 11.7. The van der Waals surface area contributed by atoms with Crippen LogP contribution in [-0.2, 0) is 19.0 Å². The van der Waals surface area contributed by atoms with Crippen molar-refractivity contribution in [1.29, 1.82) is 0 Å². The van der Waals surface area contributed by atoms with Gasteiger partial charge in [-0.05, 0) is 83.3 Å². The molecule has 0 spiro atoms. The van der Waals surface area contributed by atoms with Gasteiger partial charge in [-0.1, -0.05) is 76.2 Å². The van der Waals surface area contributed by atoms with Crippen molar-refractivity contribution in [3.8, 4) is 11.8 Å². The van der Waals surface area contributed by atoms with Crippen molar-refractivity contribution >= 4 is 5.97 Å². The smallest absolute Gasteiger partial charge is 0.334 e. The molecule has 0 unspecified atom stereocenters. The van der Waals surface area contributed by atoms with Gasteiger partial charge >= 0.3 is 5.97 Å². The fourth-order valence-corrected chi connectivity index (χ4v) is 6.58. The first-order chi connectivity index (χ1) is 21.8. The van der Waals surface area contributed by atoms with Crippen LogP contribution in [0.25, 0.3) is 0 Å². The van der Waals surface area contributed by atoms with E-state index in [0.29, 0.717) is 44.1 Å². The highest BCUT2D eigenvalue weighted by Gasteiger charge is 2.35. The maximum Gasteiger partial charge on any atom is 0.334 e. The van der Waals surface area contributed by atoms with E-state index in [9.17, 15) is 25.2 Å². The molecule has 3 aliphatic rings. The molecule has 0 aromatic rings. The summed E-state index contributed by atoms with van der Waals surface area (Å²) >= 11 is 0. The molecule has 0 radical (unpaired) electrons. The Morgan fingerprint density at radius 3 is 2.24 bits per heavy atom. The molecule has 0 bridgehead atoms. The van der Waals surface area contributed by atoms with E-state index in [2.05, 4.69) is 18.8 Å². The standard InChI is InChI=1S/C37H60O8/c1-3-4-5-6-7-8-12-15-18-34-33(41)22-24-36(45-34)32(40)21-20-31(39)35-23-19-30(44-35)17-14-11-9-10-13-16-29(38)26-28-25-27(2)43-37(28)42/h9,11,25,27,29-36,38-41H,3-8,10,12-13,15-16,18-24,26H2,1-2H3/b11-9+/t27-,29+,30+,31-,32-,33+,34-,35-,36-/m0/s1. The van der Waals surface area contributed by atoms with Crippen LogP contribution in [0.15, 0.2) is 23.8 Å². The third-order valence-corrected chi connectivity index (χ3v) is 9.34. The third kappa shape index (κ3) is 14.3. The minimum absolute atomic E-state index is 0.211. The molecule has 0 amide bonds. The summed E-state index contributed by atoms with van der Waals surface area (Å²) in [6.45, 7) is 4.04. The molecular formula is C37H60O8. The Hall–Kier alpha value is -1.73. The Morgan fingerprint density at radius 1 is 0.889 bits per heavy atom. The number of rotatable bonds is 20. The second-order valence-corrected chi connectivity index (χ2v) is 13.4. The molecule has 0 aromatic heterocycles. The number of aliphatic hydroxyl groups excluding tert-OH is 4. The zero-order valence-electron chi connectivity index (χ0n) is 27.8. The van der Waals surface area contributed by atoms with E-state index in [4.69, 9.17) is 14.2 Å². The summed E-state index contributed by atoms with van der Waals surface area (Å²) < 4.78 is 17.2. The number of carbonyl (C=O) groups excluding carboxylic acids is 1. The Balaban J connectivity index is 1.25. The van der Waals surface area contributed by atoms with Crippen molar-refractivity contribution in [3.05, 3.63) is 23.8 Å². The summed E-state index contributed by atoms with van der Waals surface area (Å²) in [7, 11) is 0. The lowest BCUT2D eigenvalue weighted by atomic mass is 9.92. The van der Waals surface area contributed by atoms with Crippen LogP contribution < -0.4 is 0 Å². The zero-order chi connectivity index (χ0) is 32.4. The quantitative estimate of drug-likeness (QED) is 0.0751. The highest BCUT2D eigenvalue weighted by atomic mass is 16.5. The zero-order valence-corrected chi connectivity index (χ0v) is 27.8. The Bertz CT molecular complexity index is 967. The molecule has 4 N–H and O–H groups in total. The number of unbranched alkanes of at least 4 members (excludes halogenated alkanes) is 8. The van der Waals surface area contributed by atoms with Crippen molar-refractivity contribution < 1.29 is 39.4 Å². The lowest BCUT2D eigenvalue weighted by Crippen LogP contribution is -2.44. The van der Waals surface area contributed by atoms with E-state index in [1.165, 1.54) is 38.5 Å². The topological polar surface area (TPSA) is 126 Å². The lowest BCUT2D eigenvalue weighted by molar-refractivity contribution is -0.156. The van der Waals surface area contributed by atoms with Crippen LogP contribution in [0.5, 0.6) is 0 Å². The number of carbonyl (C=O) groups is 1. The number of esters is 1. The monoisotopic (exact) mass is 632 g/mol. The number of allylic oxidation sites excluding steroid dienone is 2. The van der Waals surface area contributed by atoms with Crippen LogP contribution in [-0.4, -0.2) is 81.3 Å². The van der Waals surface area contributed by atoms with Crippen LogP contribution in [0.1, 0.15) is 136 Å². The minimum Gasteiger partial charge on any atom is -0.455 e. The van der Waals surface area contributed by atoms with E-state index in [-0.39, 0.29) is 36.5 Å². The fraction of sp³-hybridized carbons (Fsp3) is 0.811. The predicted molar refractivity (Wildman–Crippen MR) is 175 cm³/mol. The van der Waals surface area contributed by atoms with Crippen LogP contribution in [0, 0.1) is 11.8 Å². The molecule has 256 valence electrons. The molecule has 0 aromatic carbocycles. The molecule has 8 nitrogen and oxygen atoms in total. The highest BCUT2D eigenvalue weighted by molar-refractivity contribution is 5.90. The van der Waals surface area contributed by atoms with Gasteiger partial charge in [0.2, 0.25) is 0 Å². The van der Waals surface area contributed by atoms with Gasteiger partial charge in [0.1, 0.15) is 12.2 Å². The van der Waals surface area contributed by atoms with Crippen LogP contribution >= 0.6 is 0 Å². The van der Waals surface area contributed by atoms with Gasteiger partial charge in [0, 0.05) is 12.0 Å². The summed E-state index contributed by atoms with van der Waals surface area (Å²) in [5.74, 6) is 5.82. The Morgan fingerprint density at radius 2 is 1.56 bits per heavy atom. The highest BCUT2D eigenvalue weighted by Crippen LogP contribution is 2.29. The second-order valence-electron chi connectivity index (χ2n) is 13.4. The van der Waals surface area contributed by atoms with Gasteiger partial charge in [-0.25, -0.2) is 4.79 Å². The number of cyclic esters (lactones) is 1. The van der Waals surface area contributed by atoms with E-state index in [1.54, 1.807) is 12.2 Å². The summed E-state index contributed by atoms with van der Waals surface area (Å²) in [4.78, 5) is 11.7. The second kappa shape index (κ2) is 21.2. The van der Waals surface area contributed by atoms with E-state index >= 15 is 0 Å².